The van der Waals surface area contributed by atoms with Crippen molar-refractivity contribution in [2.45, 2.75) is 20.3 Å². The SMILES string of the molecule is Cc1nnc(OCCCO)c(/C(N)=N/O)c1C. The van der Waals surface area contributed by atoms with Crippen molar-refractivity contribution in [1.29, 1.82) is 0 Å². The molecule has 0 aromatic carbocycles. The Hall–Kier alpha value is -1.89. The van der Waals surface area contributed by atoms with Gasteiger partial charge in [-0.3, -0.25) is 0 Å². The van der Waals surface area contributed by atoms with Gasteiger partial charge in [0.25, 0.3) is 0 Å². The number of nitrogens with two attached hydrogens (primary N) is 1. The van der Waals surface area contributed by atoms with Gasteiger partial charge in [0.2, 0.25) is 5.88 Å². The van der Waals surface area contributed by atoms with E-state index in [4.69, 9.17) is 20.8 Å². The second-order valence-corrected chi connectivity index (χ2v) is 3.50. The van der Waals surface area contributed by atoms with Gasteiger partial charge in [-0.15, -0.1) is 5.10 Å². The zero-order valence-corrected chi connectivity index (χ0v) is 9.84. The van der Waals surface area contributed by atoms with E-state index in [1.54, 1.807) is 13.8 Å². The minimum atomic E-state index is -0.0699. The molecular weight excluding hydrogens is 224 g/mol. The van der Waals surface area contributed by atoms with Gasteiger partial charge in [0.1, 0.15) is 0 Å². The van der Waals surface area contributed by atoms with Gasteiger partial charge < -0.3 is 20.8 Å². The molecule has 17 heavy (non-hydrogen) atoms. The fourth-order valence-electron chi connectivity index (χ4n) is 1.27. The molecule has 0 unspecified atom stereocenters. The number of hydrogen-bond acceptors (Lipinski definition) is 6. The van der Waals surface area contributed by atoms with Crippen LogP contribution in [0.4, 0.5) is 0 Å². The van der Waals surface area contributed by atoms with E-state index in [0.717, 1.165) is 5.56 Å². The summed E-state index contributed by atoms with van der Waals surface area (Å²) in [7, 11) is 0. The standard InChI is InChI=1S/C10H16N4O3/c1-6-7(2)12-13-10(17-5-3-4-15)8(6)9(11)14-16/h15-16H,3-5H2,1-2H3,(H2,11,14). The number of aliphatic hydroxyl groups excluding tert-OH is 1. The molecule has 0 spiro atoms. The van der Waals surface area contributed by atoms with Crippen molar-refractivity contribution in [3.63, 3.8) is 0 Å². The molecule has 1 rings (SSSR count). The van der Waals surface area contributed by atoms with E-state index < -0.39 is 0 Å². The molecule has 0 fully saturated rings. The Morgan fingerprint density at radius 2 is 2.12 bits per heavy atom. The maximum Gasteiger partial charge on any atom is 0.244 e. The van der Waals surface area contributed by atoms with Crippen LogP contribution < -0.4 is 10.5 Å². The lowest BCUT2D eigenvalue weighted by Gasteiger charge is -2.11. The van der Waals surface area contributed by atoms with Gasteiger partial charge in [0, 0.05) is 13.0 Å². The van der Waals surface area contributed by atoms with Crippen molar-refractivity contribution in [3.05, 3.63) is 16.8 Å². The van der Waals surface area contributed by atoms with Gasteiger partial charge in [0.15, 0.2) is 5.84 Å². The summed E-state index contributed by atoms with van der Waals surface area (Å²) in [4.78, 5) is 0. The number of amidine groups is 1. The molecule has 1 aromatic heterocycles. The van der Waals surface area contributed by atoms with Crippen molar-refractivity contribution < 1.29 is 15.1 Å². The fourth-order valence-corrected chi connectivity index (χ4v) is 1.27. The van der Waals surface area contributed by atoms with Crippen LogP contribution in [-0.4, -0.2) is 39.6 Å². The lowest BCUT2D eigenvalue weighted by molar-refractivity contribution is 0.227. The molecule has 0 bridgehead atoms. The quantitative estimate of drug-likeness (QED) is 0.218. The fraction of sp³-hybridized carbons (Fsp3) is 0.500. The molecule has 4 N–H and O–H groups in total. The normalized spacial score (nSPS) is 11.6. The third-order valence-corrected chi connectivity index (χ3v) is 2.33. The van der Waals surface area contributed by atoms with Crippen LogP contribution in [0.2, 0.25) is 0 Å². The van der Waals surface area contributed by atoms with E-state index in [0.29, 0.717) is 24.3 Å². The molecule has 0 radical (unpaired) electrons. The molecule has 0 saturated carbocycles. The molecule has 0 amide bonds. The summed E-state index contributed by atoms with van der Waals surface area (Å²) in [5, 5.41) is 28.1. The van der Waals surface area contributed by atoms with Crippen molar-refractivity contribution in [3.8, 4) is 5.88 Å². The third kappa shape index (κ3) is 3.04. The topological polar surface area (TPSA) is 114 Å². The molecule has 0 aliphatic carbocycles. The second-order valence-electron chi connectivity index (χ2n) is 3.50. The first-order chi connectivity index (χ1) is 8.11. The van der Waals surface area contributed by atoms with Gasteiger partial charge in [-0.1, -0.05) is 5.16 Å². The van der Waals surface area contributed by atoms with Crippen LogP contribution in [0.15, 0.2) is 5.16 Å². The van der Waals surface area contributed by atoms with Crippen molar-refractivity contribution >= 4 is 5.84 Å². The number of hydrogen-bond donors (Lipinski definition) is 3. The number of ether oxygens (including phenoxy) is 1. The number of aryl methyl sites for hydroxylation is 1. The molecule has 0 atom stereocenters. The van der Waals surface area contributed by atoms with Crippen LogP contribution in [0, 0.1) is 13.8 Å². The first kappa shape index (κ1) is 13.2. The molecular formula is C10H16N4O3. The van der Waals surface area contributed by atoms with Crippen LogP contribution in [-0.2, 0) is 0 Å². The van der Waals surface area contributed by atoms with Gasteiger partial charge in [-0.05, 0) is 19.4 Å². The number of oxime groups is 1. The highest BCUT2D eigenvalue weighted by Crippen LogP contribution is 2.20. The summed E-state index contributed by atoms with van der Waals surface area (Å²) in [5.41, 5.74) is 7.43. The summed E-state index contributed by atoms with van der Waals surface area (Å²) in [5.74, 6) is 0.136. The average Bonchev–Trinajstić information content (AvgIpc) is 2.33. The molecule has 7 nitrogen and oxygen atoms in total. The zero-order chi connectivity index (χ0) is 12.8. The minimum Gasteiger partial charge on any atom is -0.476 e. The highest BCUT2D eigenvalue weighted by Gasteiger charge is 2.16. The summed E-state index contributed by atoms with van der Waals surface area (Å²) in [6, 6.07) is 0. The maximum atomic E-state index is 8.72. The zero-order valence-electron chi connectivity index (χ0n) is 9.84. The highest BCUT2D eigenvalue weighted by atomic mass is 16.5. The Kier molecular flexibility index (Phi) is 4.65. The van der Waals surface area contributed by atoms with E-state index in [2.05, 4.69) is 15.4 Å². The van der Waals surface area contributed by atoms with Gasteiger partial charge >= 0.3 is 0 Å². The predicted molar refractivity (Wildman–Crippen MR) is 61.2 cm³/mol. The maximum absolute atomic E-state index is 8.72. The molecule has 0 aliphatic heterocycles. The van der Waals surface area contributed by atoms with Crippen LogP contribution in [0.5, 0.6) is 5.88 Å². The monoisotopic (exact) mass is 240 g/mol. The van der Waals surface area contributed by atoms with E-state index in [9.17, 15) is 0 Å². The minimum absolute atomic E-state index is 0.0250. The molecule has 0 saturated heterocycles. The lowest BCUT2D eigenvalue weighted by Crippen LogP contribution is -2.19. The molecule has 1 aromatic rings. The van der Waals surface area contributed by atoms with Crippen molar-refractivity contribution in [1.82, 2.24) is 10.2 Å². The van der Waals surface area contributed by atoms with Crippen molar-refractivity contribution in [2.24, 2.45) is 10.9 Å². The van der Waals surface area contributed by atoms with E-state index in [1.807, 2.05) is 0 Å². The Morgan fingerprint density at radius 1 is 1.41 bits per heavy atom. The van der Waals surface area contributed by atoms with Crippen LogP contribution in [0.1, 0.15) is 23.2 Å². The summed E-state index contributed by atoms with van der Waals surface area (Å²) in [6.45, 7) is 3.88. The van der Waals surface area contributed by atoms with Crippen LogP contribution in [0.25, 0.3) is 0 Å². The summed E-state index contributed by atoms with van der Waals surface area (Å²) in [6.07, 6.45) is 0.476. The number of rotatable bonds is 5. The Balaban J connectivity index is 3.07. The molecule has 94 valence electrons. The molecule has 1 heterocycles. The largest absolute Gasteiger partial charge is 0.476 e. The van der Waals surface area contributed by atoms with Gasteiger partial charge in [-0.25, -0.2) is 0 Å². The smallest absolute Gasteiger partial charge is 0.244 e. The number of nitrogens with zero attached hydrogens (tertiary/aromatic N) is 3. The third-order valence-electron chi connectivity index (χ3n) is 2.33. The van der Waals surface area contributed by atoms with E-state index >= 15 is 0 Å². The average molecular weight is 240 g/mol. The van der Waals surface area contributed by atoms with Gasteiger partial charge in [0.05, 0.1) is 17.9 Å². The lowest BCUT2D eigenvalue weighted by atomic mass is 10.1. The second kappa shape index (κ2) is 6.00. The summed E-state index contributed by atoms with van der Waals surface area (Å²) >= 11 is 0. The Labute approximate surface area is 98.9 Å². The first-order valence-electron chi connectivity index (χ1n) is 5.17. The Morgan fingerprint density at radius 3 is 2.71 bits per heavy atom. The number of aliphatic hydroxyl groups is 1. The van der Waals surface area contributed by atoms with Crippen LogP contribution >= 0.6 is 0 Å². The van der Waals surface area contributed by atoms with E-state index in [1.165, 1.54) is 0 Å². The predicted octanol–water partition coefficient (Wildman–Crippen LogP) is -0.0509. The van der Waals surface area contributed by atoms with E-state index in [-0.39, 0.29) is 18.3 Å². The molecule has 7 heteroatoms. The van der Waals surface area contributed by atoms with Crippen molar-refractivity contribution in [2.75, 3.05) is 13.2 Å². The van der Waals surface area contributed by atoms with Crippen LogP contribution in [0.3, 0.4) is 0 Å². The van der Waals surface area contributed by atoms with Gasteiger partial charge in [-0.2, -0.15) is 5.10 Å². The Bertz CT molecular complexity index is 420. The summed E-state index contributed by atoms with van der Waals surface area (Å²) < 4.78 is 5.33. The molecule has 0 aliphatic rings. The highest BCUT2D eigenvalue weighted by molar-refractivity contribution is 6.00. The first-order valence-corrected chi connectivity index (χ1v) is 5.17. The number of aromatic nitrogens is 2.